The number of nitrogens with one attached hydrogen (secondary N) is 1. The second kappa shape index (κ2) is 5.41. The molecule has 1 aliphatic carbocycles. The summed E-state index contributed by atoms with van der Waals surface area (Å²) in [6.07, 6.45) is 1.62. The number of benzene rings is 1. The number of carbonyl (C=O) groups excluding carboxylic acids is 1. The molecule has 0 amide bonds. The molecule has 2 rings (SSSR count). The van der Waals surface area contributed by atoms with E-state index in [9.17, 15) is 4.79 Å². The molecule has 0 unspecified atom stereocenters. The number of carbonyl (C=O) groups is 1. The molecule has 104 valence electrons. The van der Waals surface area contributed by atoms with Crippen molar-refractivity contribution < 1.29 is 9.53 Å². The molecule has 4 heteroatoms. The zero-order valence-corrected chi connectivity index (χ0v) is 12.3. The second-order valence-electron chi connectivity index (χ2n) is 5.62. The van der Waals surface area contributed by atoms with E-state index in [1.165, 1.54) is 7.11 Å². The lowest BCUT2D eigenvalue weighted by atomic mass is 9.64. The number of halogens is 1. The summed E-state index contributed by atoms with van der Waals surface area (Å²) in [5, 5.41) is 3.97. The Hall–Kier alpha value is -1.22. The topological polar surface area (TPSA) is 38.3 Å². The van der Waals surface area contributed by atoms with Crippen molar-refractivity contribution in [3.05, 3.63) is 29.3 Å². The average molecular weight is 282 g/mol. The molecular weight excluding hydrogens is 262 g/mol. The van der Waals surface area contributed by atoms with Gasteiger partial charge in [0.05, 0.1) is 7.11 Å². The van der Waals surface area contributed by atoms with Crippen molar-refractivity contribution in [3.63, 3.8) is 0 Å². The summed E-state index contributed by atoms with van der Waals surface area (Å²) >= 11 is 5.97. The normalized spacial score (nSPS) is 25.8. The van der Waals surface area contributed by atoms with Gasteiger partial charge in [0.1, 0.15) is 5.54 Å². The third-order valence-electron chi connectivity index (χ3n) is 3.95. The molecule has 1 aromatic rings. The van der Waals surface area contributed by atoms with Crippen molar-refractivity contribution in [3.8, 4) is 0 Å². The lowest BCUT2D eigenvalue weighted by Gasteiger charge is -2.48. The van der Waals surface area contributed by atoms with E-state index in [0.717, 1.165) is 18.5 Å². The molecule has 1 N–H and O–H groups in total. The molecule has 3 nitrogen and oxygen atoms in total. The predicted octanol–water partition coefficient (Wildman–Crippen LogP) is 3.73. The highest BCUT2D eigenvalue weighted by Gasteiger charge is 2.52. The van der Waals surface area contributed by atoms with Gasteiger partial charge in [-0.3, -0.25) is 0 Å². The van der Waals surface area contributed by atoms with Gasteiger partial charge in [-0.25, -0.2) is 4.79 Å². The summed E-state index contributed by atoms with van der Waals surface area (Å²) in [7, 11) is 1.44. The maximum Gasteiger partial charge on any atom is 0.331 e. The molecule has 0 heterocycles. The van der Waals surface area contributed by atoms with E-state index in [1.807, 2.05) is 24.3 Å². The van der Waals surface area contributed by atoms with Gasteiger partial charge in [0.25, 0.3) is 0 Å². The van der Waals surface area contributed by atoms with Gasteiger partial charge in [0.2, 0.25) is 0 Å². The van der Waals surface area contributed by atoms with Crippen LogP contribution in [0.5, 0.6) is 0 Å². The highest BCUT2D eigenvalue weighted by Crippen LogP contribution is 2.45. The Morgan fingerprint density at radius 2 is 2.16 bits per heavy atom. The first kappa shape index (κ1) is 14.2. The van der Waals surface area contributed by atoms with E-state index in [0.29, 0.717) is 16.9 Å². The van der Waals surface area contributed by atoms with Gasteiger partial charge in [0, 0.05) is 10.7 Å². The van der Waals surface area contributed by atoms with E-state index < -0.39 is 5.54 Å². The van der Waals surface area contributed by atoms with Gasteiger partial charge >= 0.3 is 5.97 Å². The molecule has 0 bridgehead atoms. The Labute approximate surface area is 119 Å². The quantitative estimate of drug-likeness (QED) is 0.855. The van der Waals surface area contributed by atoms with E-state index in [2.05, 4.69) is 19.2 Å². The van der Waals surface area contributed by atoms with E-state index in [4.69, 9.17) is 16.3 Å². The third-order valence-corrected chi connectivity index (χ3v) is 4.18. The van der Waals surface area contributed by atoms with Crippen LogP contribution in [0.15, 0.2) is 24.3 Å². The Kier molecular flexibility index (Phi) is 4.04. The van der Waals surface area contributed by atoms with Crippen molar-refractivity contribution in [2.24, 2.45) is 11.8 Å². The lowest BCUT2D eigenvalue weighted by Crippen LogP contribution is -2.58. The summed E-state index contributed by atoms with van der Waals surface area (Å²) in [6, 6.07) is 7.43. The Morgan fingerprint density at radius 1 is 1.47 bits per heavy atom. The Bertz CT molecular complexity index is 467. The first-order valence-electron chi connectivity index (χ1n) is 6.59. The molecule has 0 saturated heterocycles. The molecule has 0 atom stereocenters. The van der Waals surface area contributed by atoms with Gasteiger partial charge in [0.15, 0.2) is 0 Å². The standard InChI is InChI=1S/C15H20ClNO2/c1-10(2)11-8-15(9-11,14(18)19-3)17-13-6-4-5-12(16)7-13/h4-7,10-11,17H,8-9H2,1-3H3. The van der Waals surface area contributed by atoms with Gasteiger partial charge in [-0.1, -0.05) is 31.5 Å². The molecule has 19 heavy (non-hydrogen) atoms. The predicted molar refractivity (Wildman–Crippen MR) is 77.4 cm³/mol. The zero-order valence-electron chi connectivity index (χ0n) is 11.6. The zero-order chi connectivity index (χ0) is 14.0. The summed E-state index contributed by atoms with van der Waals surface area (Å²) in [5.41, 5.74) is 0.272. The number of esters is 1. The van der Waals surface area contributed by atoms with Crippen LogP contribution < -0.4 is 5.32 Å². The monoisotopic (exact) mass is 281 g/mol. The smallest absolute Gasteiger partial charge is 0.331 e. The molecule has 0 aliphatic heterocycles. The minimum Gasteiger partial charge on any atom is -0.467 e. The summed E-state index contributed by atoms with van der Waals surface area (Å²) in [6.45, 7) is 4.37. The maximum absolute atomic E-state index is 12.1. The Morgan fingerprint density at radius 3 is 2.68 bits per heavy atom. The van der Waals surface area contributed by atoms with Crippen LogP contribution in [-0.2, 0) is 9.53 Å². The number of rotatable bonds is 4. The van der Waals surface area contributed by atoms with Crippen LogP contribution in [-0.4, -0.2) is 18.6 Å². The first-order valence-corrected chi connectivity index (χ1v) is 6.97. The molecule has 1 aromatic carbocycles. The highest BCUT2D eigenvalue weighted by atomic mass is 35.5. The van der Waals surface area contributed by atoms with Crippen LogP contribution in [0.4, 0.5) is 5.69 Å². The number of anilines is 1. The van der Waals surface area contributed by atoms with Crippen LogP contribution in [0.1, 0.15) is 26.7 Å². The van der Waals surface area contributed by atoms with Crippen molar-refractivity contribution in [2.45, 2.75) is 32.2 Å². The molecule has 1 saturated carbocycles. The van der Waals surface area contributed by atoms with Gasteiger partial charge in [-0.2, -0.15) is 0 Å². The molecule has 0 aromatic heterocycles. The van der Waals surface area contributed by atoms with Crippen LogP contribution in [0.2, 0.25) is 5.02 Å². The fourth-order valence-corrected chi connectivity index (χ4v) is 2.85. The minimum absolute atomic E-state index is 0.190. The molecule has 0 radical (unpaired) electrons. The molecule has 1 aliphatic rings. The van der Waals surface area contributed by atoms with Gasteiger partial charge < -0.3 is 10.1 Å². The fraction of sp³-hybridized carbons (Fsp3) is 0.533. The fourth-order valence-electron chi connectivity index (χ4n) is 2.66. The molecular formula is C15H20ClNO2. The first-order chi connectivity index (χ1) is 8.97. The number of ether oxygens (including phenoxy) is 1. The van der Waals surface area contributed by atoms with Gasteiger partial charge in [-0.15, -0.1) is 0 Å². The molecule has 0 spiro atoms. The van der Waals surface area contributed by atoms with Crippen LogP contribution >= 0.6 is 11.6 Å². The summed E-state index contributed by atoms with van der Waals surface area (Å²) in [4.78, 5) is 12.1. The maximum atomic E-state index is 12.1. The van der Waals surface area contributed by atoms with Crippen LogP contribution in [0, 0.1) is 11.8 Å². The lowest BCUT2D eigenvalue weighted by molar-refractivity contribution is -0.151. The second-order valence-corrected chi connectivity index (χ2v) is 6.06. The SMILES string of the molecule is COC(=O)C1(Nc2cccc(Cl)c2)CC(C(C)C)C1. The van der Waals surface area contributed by atoms with E-state index in [1.54, 1.807) is 0 Å². The van der Waals surface area contributed by atoms with Crippen LogP contribution in [0.25, 0.3) is 0 Å². The van der Waals surface area contributed by atoms with Crippen molar-refractivity contribution in [2.75, 3.05) is 12.4 Å². The Balaban J connectivity index is 2.15. The van der Waals surface area contributed by atoms with E-state index >= 15 is 0 Å². The third kappa shape index (κ3) is 2.86. The minimum atomic E-state index is -0.589. The van der Waals surface area contributed by atoms with Gasteiger partial charge in [-0.05, 0) is 42.9 Å². The largest absolute Gasteiger partial charge is 0.467 e. The van der Waals surface area contributed by atoms with Crippen molar-refractivity contribution in [1.29, 1.82) is 0 Å². The molecule has 1 fully saturated rings. The van der Waals surface area contributed by atoms with Crippen molar-refractivity contribution in [1.82, 2.24) is 0 Å². The highest BCUT2D eigenvalue weighted by molar-refractivity contribution is 6.30. The summed E-state index contributed by atoms with van der Waals surface area (Å²) < 4.78 is 4.95. The summed E-state index contributed by atoms with van der Waals surface area (Å²) in [5.74, 6) is 0.953. The number of hydrogen-bond acceptors (Lipinski definition) is 3. The van der Waals surface area contributed by atoms with Crippen molar-refractivity contribution >= 4 is 23.3 Å². The van der Waals surface area contributed by atoms with E-state index in [-0.39, 0.29) is 5.97 Å². The van der Waals surface area contributed by atoms with Crippen LogP contribution in [0.3, 0.4) is 0 Å². The average Bonchev–Trinajstić information content (AvgIpc) is 2.32. The number of hydrogen-bond donors (Lipinski definition) is 1. The number of methoxy groups -OCH3 is 1.